The van der Waals surface area contributed by atoms with Gasteiger partial charge in [0.1, 0.15) is 11.6 Å². The Hall–Kier alpha value is -1.87. The van der Waals surface area contributed by atoms with Crippen LogP contribution in [0.15, 0.2) is 48.5 Å². The van der Waals surface area contributed by atoms with Crippen molar-refractivity contribution in [1.29, 1.82) is 0 Å². The molecule has 1 unspecified atom stereocenters. The van der Waals surface area contributed by atoms with Crippen molar-refractivity contribution < 1.29 is 9.13 Å². The second-order valence-corrected chi connectivity index (χ2v) is 5.63. The van der Waals surface area contributed by atoms with Crippen molar-refractivity contribution in [2.75, 3.05) is 7.11 Å². The first-order valence-electron chi connectivity index (χ1n) is 7.33. The van der Waals surface area contributed by atoms with Crippen LogP contribution < -0.4 is 10.1 Å². The van der Waals surface area contributed by atoms with E-state index < -0.39 is 0 Å². The first kappa shape index (κ1) is 14.1. The van der Waals surface area contributed by atoms with E-state index in [1.165, 1.54) is 11.6 Å². The molecule has 2 aromatic rings. The van der Waals surface area contributed by atoms with Crippen molar-refractivity contribution in [2.45, 2.75) is 31.3 Å². The summed E-state index contributed by atoms with van der Waals surface area (Å²) < 4.78 is 18.8. The third kappa shape index (κ3) is 3.08. The van der Waals surface area contributed by atoms with Crippen molar-refractivity contribution in [3.8, 4) is 5.75 Å². The van der Waals surface area contributed by atoms with Crippen LogP contribution in [0.4, 0.5) is 4.39 Å². The maximum Gasteiger partial charge on any atom is 0.123 e. The number of rotatable bonds is 5. The fourth-order valence-corrected chi connectivity index (χ4v) is 2.90. The summed E-state index contributed by atoms with van der Waals surface area (Å²) >= 11 is 0. The molecule has 0 radical (unpaired) electrons. The molecular formula is C18H20FNO. The summed E-state index contributed by atoms with van der Waals surface area (Å²) in [5.41, 5.74) is 2.24. The molecule has 0 amide bonds. The first-order chi connectivity index (χ1) is 10.2. The van der Waals surface area contributed by atoms with Gasteiger partial charge in [0.25, 0.3) is 0 Å². The predicted octanol–water partition coefficient (Wildman–Crippen LogP) is 4.04. The van der Waals surface area contributed by atoms with E-state index in [1.807, 2.05) is 6.07 Å². The highest BCUT2D eigenvalue weighted by atomic mass is 19.1. The Kier molecular flexibility index (Phi) is 3.93. The molecule has 0 spiro atoms. The quantitative estimate of drug-likeness (QED) is 0.895. The SMILES string of the molecule is COc1ccc(F)cc1C(C)N[C@@H]1C[C@H]1c1ccccc1. The van der Waals surface area contributed by atoms with Crippen LogP contribution in [0.25, 0.3) is 0 Å². The Labute approximate surface area is 125 Å². The van der Waals surface area contributed by atoms with E-state index in [9.17, 15) is 4.39 Å². The largest absolute Gasteiger partial charge is 0.496 e. The topological polar surface area (TPSA) is 21.3 Å². The van der Waals surface area contributed by atoms with Gasteiger partial charge in [0.05, 0.1) is 7.11 Å². The van der Waals surface area contributed by atoms with Gasteiger partial charge >= 0.3 is 0 Å². The van der Waals surface area contributed by atoms with Gasteiger partial charge < -0.3 is 10.1 Å². The van der Waals surface area contributed by atoms with Gasteiger partial charge in [-0.15, -0.1) is 0 Å². The fourth-order valence-electron chi connectivity index (χ4n) is 2.90. The van der Waals surface area contributed by atoms with Gasteiger partial charge in [0.2, 0.25) is 0 Å². The fraction of sp³-hybridized carbons (Fsp3) is 0.333. The molecule has 2 nitrogen and oxygen atoms in total. The van der Waals surface area contributed by atoms with E-state index in [-0.39, 0.29) is 11.9 Å². The van der Waals surface area contributed by atoms with E-state index >= 15 is 0 Å². The Bertz CT molecular complexity index is 614. The lowest BCUT2D eigenvalue weighted by Gasteiger charge is -2.17. The summed E-state index contributed by atoms with van der Waals surface area (Å²) in [4.78, 5) is 0. The van der Waals surface area contributed by atoms with Crippen molar-refractivity contribution in [3.63, 3.8) is 0 Å². The molecule has 1 fully saturated rings. The Morgan fingerprint density at radius 3 is 2.67 bits per heavy atom. The van der Waals surface area contributed by atoms with Crippen molar-refractivity contribution in [3.05, 3.63) is 65.5 Å². The zero-order chi connectivity index (χ0) is 14.8. The van der Waals surface area contributed by atoms with Gasteiger partial charge in [0.15, 0.2) is 0 Å². The first-order valence-corrected chi connectivity index (χ1v) is 7.33. The molecule has 1 saturated carbocycles. The van der Waals surface area contributed by atoms with Gasteiger partial charge in [-0.2, -0.15) is 0 Å². The smallest absolute Gasteiger partial charge is 0.123 e. The van der Waals surface area contributed by atoms with Gasteiger partial charge in [-0.05, 0) is 37.1 Å². The van der Waals surface area contributed by atoms with Gasteiger partial charge in [-0.1, -0.05) is 30.3 Å². The van der Waals surface area contributed by atoms with Crippen LogP contribution in [0, 0.1) is 5.82 Å². The Morgan fingerprint density at radius 2 is 1.95 bits per heavy atom. The third-order valence-corrected chi connectivity index (χ3v) is 4.14. The van der Waals surface area contributed by atoms with E-state index in [4.69, 9.17) is 4.74 Å². The number of hydrogen-bond acceptors (Lipinski definition) is 2. The average Bonchev–Trinajstić information content (AvgIpc) is 3.27. The summed E-state index contributed by atoms with van der Waals surface area (Å²) in [5, 5.41) is 3.57. The number of ether oxygens (including phenoxy) is 1. The minimum atomic E-state index is -0.227. The lowest BCUT2D eigenvalue weighted by Crippen LogP contribution is -2.22. The number of halogens is 1. The highest BCUT2D eigenvalue weighted by molar-refractivity contribution is 5.37. The van der Waals surface area contributed by atoms with Crippen LogP contribution in [0.1, 0.15) is 36.4 Å². The number of nitrogens with one attached hydrogen (secondary N) is 1. The number of benzene rings is 2. The highest BCUT2D eigenvalue weighted by Crippen LogP contribution is 2.42. The minimum absolute atomic E-state index is 0.0642. The molecule has 3 heteroatoms. The summed E-state index contributed by atoms with van der Waals surface area (Å²) in [6.07, 6.45) is 1.13. The summed E-state index contributed by atoms with van der Waals surface area (Å²) in [7, 11) is 1.62. The molecule has 1 aliphatic rings. The maximum atomic E-state index is 13.5. The minimum Gasteiger partial charge on any atom is -0.496 e. The molecule has 2 aromatic carbocycles. The standard InChI is InChI=1S/C18H20FNO/c1-12(15-10-14(19)8-9-18(15)21-2)20-17-11-16(17)13-6-4-3-5-7-13/h3-10,12,16-17,20H,11H2,1-2H3/t12?,16-,17+/m0/s1. The van der Waals surface area contributed by atoms with Crippen molar-refractivity contribution in [2.24, 2.45) is 0 Å². The van der Waals surface area contributed by atoms with E-state index in [0.29, 0.717) is 12.0 Å². The molecule has 0 aliphatic heterocycles. The molecule has 110 valence electrons. The van der Waals surface area contributed by atoms with Crippen LogP contribution >= 0.6 is 0 Å². The van der Waals surface area contributed by atoms with Crippen LogP contribution in [0.2, 0.25) is 0 Å². The summed E-state index contributed by atoms with van der Waals surface area (Å²) in [6, 6.07) is 15.7. The van der Waals surface area contributed by atoms with Crippen molar-refractivity contribution in [1.82, 2.24) is 5.32 Å². The molecule has 1 N–H and O–H groups in total. The van der Waals surface area contributed by atoms with E-state index in [2.05, 4.69) is 36.5 Å². The van der Waals surface area contributed by atoms with Crippen LogP contribution in [-0.2, 0) is 0 Å². The van der Waals surface area contributed by atoms with Crippen molar-refractivity contribution >= 4 is 0 Å². The molecule has 1 aliphatic carbocycles. The lowest BCUT2D eigenvalue weighted by atomic mass is 10.1. The van der Waals surface area contributed by atoms with Gasteiger partial charge in [-0.25, -0.2) is 4.39 Å². The lowest BCUT2D eigenvalue weighted by molar-refractivity contribution is 0.399. The van der Waals surface area contributed by atoms with Crippen LogP contribution in [-0.4, -0.2) is 13.2 Å². The monoisotopic (exact) mass is 285 g/mol. The van der Waals surface area contributed by atoms with Crippen LogP contribution in [0.5, 0.6) is 5.75 Å². The highest BCUT2D eigenvalue weighted by Gasteiger charge is 2.39. The maximum absolute atomic E-state index is 13.5. The average molecular weight is 285 g/mol. The van der Waals surface area contributed by atoms with E-state index in [0.717, 1.165) is 17.7 Å². The van der Waals surface area contributed by atoms with Crippen LogP contribution in [0.3, 0.4) is 0 Å². The molecule has 21 heavy (non-hydrogen) atoms. The zero-order valence-corrected chi connectivity index (χ0v) is 12.3. The Morgan fingerprint density at radius 1 is 1.19 bits per heavy atom. The molecule has 3 rings (SSSR count). The molecule has 0 heterocycles. The number of methoxy groups -OCH3 is 1. The second kappa shape index (κ2) is 5.86. The zero-order valence-electron chi connectivity index (χ0n) is 12.3. The summed E-state index contributed by atoms with van der Waals surface area (Å²) in [5.74, 6) is 1.07. The molecule has 0 bridgehead atoms. The predicted molar refractivity (Wildman–Crippen MR) is 82.1 cm³/mol. The van der Waals surface area contributed by atoms with Gasteiger partial charge in [0, 0.05) is 23.6 Å². The second-order valence-electron chi connectivity index (χ2n) is 5.63. The molecule has 0 aromatic heterocycles. The normalized spacial score (nSPS) is 21.9. The number of hydrogen-bond donors (Lipinski definition) is 1. The molecular weight excluding hydrogens is 265 g/mol. The third-order valence-electron chi connectivity index (χ3n) is 4.14. The molecule has 0 saturated heterocycles. The van der Waals surface area contributed by atoms with Gasteiger partial charge in [-0.3, -0.25) is 0 Å². The summed E-state index contributed by atoms with van der Waals surface area (Å²) in [6.45, 7) is 2.05. The molecule has 3 atom stereocenters. The van der Waals surface area contributed by atoms with E-state index in [1.54, 1.807) is 19.2 Å². The Balaban J connectivity index is 1.68.